The molecule has 6 nitrogen and oxygen atoms in total. The summed E-state index contributed by atoms with van der Waals surface area (Å²) in [6, 6.07) is 25.8. The van der Waals surface area contributed by atoms with Crippen molar-refractivity contribution in [2.45, 2.75) is 13.1 Å². The van der Waals surface area contributed by atoms with Crippen molar-refractivity contribution < 1.29 is 4.79 Å². The molecule has 0 saturated heterocycles. The molecule has 1 aromatic heterocycles. The van der Waals surface area contributed by atoms with Crippen molar-refractivity contribution in [2.75, 3.05) is 18.0 Å². The van der Waals surface area contributed by atoms with Crippen LogP contribution >= 0.6 is 24.8 Å². The second-order valence-electron chi connectivity index (χ2n) is 8.13. The Hall–Kier alpha value is -3.79. The molecule has 0 bridgehead atoms. The van der Waals surface area contributed by atoms with E-state index in [0.29, 0.717) is 37.3 Å². The fourth-order valence-electron chi connectivity index (χ4n) is 4.30. The third kappa shape index (κ3) is 5.65. The predicted molar refractivity (Wildman–Crippen MR) is 142 cm³/mol. The molecule has 0 fully saturated rings. The maximum atomic E-state index is 13.4. The Balaban J connectivity index is 0.00000171. The Morgan fingerprint density at radius 3 is 2.54 bits per heavy atom. The van der Waals surface area contributed by atoms with Gasteiger partial charge in [0, 0.05) is 37.1 Å². The lowest BCUT2D eigenvalue weighted by Crippen LogP contribution is -2.35. The molecule has 5 rings (SSSR count). The van der Waals surface area contributed by atoms with E-state index in [0.717, 1.165) is 28.1 Å². The Bertz CT molecular complexity index is 1320. The fraction of sp³-hybridized carbons (Fsp3) is 0.148. The molecule has 1 aliphatic heterocycles. The molecule has 0 atom stereocenters. The van der Waals surface area contributed by atoms with Gasteiger partial charge in [0.15, 0.2) is 0 Å². The van der Waals surface area contributed by atoms with Gasteiger partial charge in [0.25, 0.3) is 5.91 Å². The molecule has 1 aliphatic rings. The first-order valence-corrected chi connectivity index (χ1v) is 10.9. The van der Waals surface area contributed by atoms with Gasteiger partial charge in [-0.05, 0) is 47.0 Å². The number of benzene rings is 3. The van der Waals surface area contributed by atoms with Crippen LogP contribution in [0.4, 0.5) is 5.69 Å². The third-order valence-electron chi connectivity index (χ3n) is 5.97. The summed E-state index contributed by atoms with van der Waals surface area (Å²) < 4.78 is 0. The summed E-state index contributed by atoms with van der Waals surface area (Å²) in [4.78, 5) is 24.9. The number of amides is 1. The average molecular weight is 506 g/mol. The molecule has 4 aromatic rings. The van der Waals surface area contributed by atoms with Crippen LogP contribution < -0.4 is 4.90 Å². The predicted octanol–water partition coefficient (Wildman–Crippen LogP) is 5.45. The first-order chi connectivity index (χ1) is 16.2. The number of fused-ring (bicyclic) bond motifs is 1. The lowest BCUT2D eigenvalue weighted by atomic mass is 10.0. The molecule has 1 amide bonds. The Morgan fingerprint density at radius 2 is 1.80 bits per heavy atom. The number of carbonyl (C=O) groups is 1. The number of hydrogen-bond acceptors (Lipinski definition) is 4. The van der Waals surface area contributed by atoms with Gasteiger partial charge in [0.05, 0.1) is 30.2 Å². The highest BCUT2D eigenvalue weighted by Gasteiger charge is 2.25. The number of nitriles is 1. The molecule has 1 N–H and O–H groups in total. The molecule has 0 aliphatic carbocycles. The number of hydrogen-bond donors (Lipinski definition) is 1. The van der Waals surface area contributed by atoms with Crippen LogP contribution in [0, 0.1) is 11.3 Å². The second kappa shape index (κ2) is 11.6. The summed E-state index contributed by atoms with van der Waals surface area (Å²) >= 11 is 0. The summed E-state index contributed by atoms with van der Waals surface area (Å²) in [5.41, 5.74) is 6.53. The maximum absolute atomic E-state index is 13.4. The standard InChI is InChI=1S/C27H23N5O.2ClH/c28-15-20-5-4-8-23(13-20)27(33)32-12-11-31(18-25-16-29-19-30-25)26-10-9-22(14-24(26)17-32)21-6-2-1-3-7-21;;/h1-10,13-14,16,19H,11-12,17-18H2,(H,29,30);2*1H. The SMILES string of the molecule is Cl.Cl.N#Cc1cccc(C(=O)N2CCN(Cc3cnc[nH]3)c3ccc(-c4ccccc4)cc3C2)c1. The van der Waals surface area contributed by atoms with Crippen molar-refractivity contribution in [3.05, 3.63) is 108 Å². The van der Waals surface area contributed by atoms with Crippen molar-refractivity contribution in [1.82, 2.24) is 14.9 Å². The number of nitrogens with one attached hydrogen (secondary N) is 1. The number of nitrogens with zero attached hydrogens (tertiary/aromatic N) is 4. The number of rotatable bonds is 4. The quantitative estimate of drug-likeness (QED) is 0.399. The number of anilines is 1. The van der Waals surface area contributed by atoms with E-state index >= 15 is 0 Å². The van der Waals surface area contributed by atoms with Gasteiger partial charge < -0.3 is 14.8 Å². The van der Waals surface area contributed by atoms with Crippen LogP contribution in [0.25, 0.3) is 11.1 Å². The van der Waals surface area contributed by atoms with E-state index in [1.54, 1.807) is 30.6 Å². The van der Waals surface area contributed by atoms with Crippen molar-refractivity contribution >= 4 is 36.4 Å². The molecular formula is C27H25Cl2N5O. The highest BCUT2D eigenvalue weighted by atomic mass is 35.5. The van der Waals surface area contributed by atoms with Crippen LogP contribution in [-0.4, -0.2) is 33.9 Å². The van der Waals surface area contributed by atoms with Crippen LogP contribution in [0.5, 0.6) is 0 Å². The molecule has 8 heteroatoms. The zero-order chi connectivity index (χ0) is 22.6. The van der Waals surface area contributed by atoms with E-state index in [2.05, 4.69) is 51.3 Å². The molecule has 35 heavy (non-hydrogen) atoms. The third-order valence-corrected chi connectivity index (χ3v) is 5.97. The number of carbonyl (C=O) groups excluding carboxylic acids is 1. The van der Waals surface area contributed by atoms with E-state index in [1.807, 2.05) is 29.3 Å². The Labute approximate surface area is 217 Å². The topological polar surface area (TPSA) is 76.0 Å². The van der Waals surface area contributed by atoms with E-state index in [4.69, 9.17) is 0 Å². The molecule has 0 spiro atoms. The van der Waals surface area contributed by atoms with Crippen LogP contribution in [0.1, 0.15) is 27.2 Å². The van der Waals surface area contributed by atoms with Crippen LogP contribution in [0.3, 0.4) is 0 Å². The van der Waals surface area contributed by atoms with Crippen molar-refractivity contribution in [1.29, 1.82) is 5.26 Å². The van der Waals surface area contributed by atoms with E-state index < -0.39 is 0 Å². The molecule has 2 heterocycles. The van der Waals surface area contributed by atoms with Gasteiger partial charge in [0.2, 0.25) is 0 Å². The lowest BCUT2D eigenvalue weighted by molar-refractivity contribution is 0.0751. The van der Waals surface area contributed by atoms with Gasteiger partial charge in [-0.2, -0.15) is 5.26 Å². The number of H-pyrrole nitrogens is 1. The van der Waals surface area contributed by atoms with Gasteiger partial charge in [-0.3, -0.25) is 4.79 Å². The summed E-state index contributed by atoms with van der Waals surface area (Å²) in [6.07, 6.45) is 3.52. The summed E-state index contributed by atoms with van der Waals surface area (Å²) in [6.45, 7) is 2.47. The largest absolute Gasteiger partial charge is 0.364 e. The van der Waals surface area contributed by atoms with Gasteiger partial charge in [-0.25, -0.2) is 4.98 Å². The molecule has 0 unspecified atom stereocenters. The van der Waals surface area contributed by atoms with Crippen molar-refractivity contribution in [3.63, 3.8) is 0 Å². The summed E-state index contributed by atoms with van der Waals surface area (Å²) in [5.74, 6) is -0.0634. The van der Waals surface area contributed by atoms with E-state index in [-0.39, 0.29) is 30.7 Å². The summed E-state index contributed by atoms with van der Waals surface area (Å²) in [7, 11) is 0. The Kier molecular flexibility index (Phi) is 8.53. The van der Waals surface area contributed by atoms with Gasteiger partial charge in [-0.15, -0.1) is 24.8 Å². The minimum atomic E-state index is -0.0634. The molecule has 178 valence electrons. The summed E-state index contributed by atoms with van der Waals surface area (Å²) in [5, 5.41) is 9.24. The minimum absolute atomic E-state index is 0. The van der Waals surface area contributed by atoms with Crippen molar-refractivity contribution in [2.24, 2.45) is 0 Å². The number of imidazole rings is 1. The molecule has 0 saturated carbocycles. The highest BCUT2D eigenvalue weighted by Crippen LogP contribution is 2.31. The van der Waals surface area contributed by atoms with E-state index in [1.165, 1.54) is 0 Å². The van der Waals surface area contributed by atoms with Crippen LogP contribution in [0.2, 0.25) is 0 Å². The molecule has 3 aromatic carbocycles. The van der Waals surface area contributed by atoms with E-state index in [9.17, 15) is 10.1 Å². The maximum Gasteiger partial charge on any atom is 0.254 e. The van der Waals surface area contributed by atoms with Crippen LogP contribution in [-0.2, 0) is 13.1 Å². The zero-order valence-corrected chi connectivity index (χ0v) is 20.6. The smallest absolute Gasteiger partial charge is 0.254 e. The average Bonchev–Trinajstić information content (AvgIpc) is 3.32. The first-order valence-electron chi connectivity index (χ1n) is 10.9. The number of aromatic amines is 1. The first kappa shape index (κ1) is 25.8. The highest BCUT2D eigenvalue weighted by molar-refractivity contribution is 5.94. The zero-order valence-electron chi connectivity index (χ0n) is 18.9. The van der Waals surface area contributed by atoms with Crippen molar-refractivity contribution in [3.8, 4) is 17.2 Å². The van der Waals surface area contributed by atoms with Crippen LogP contribution in [0.15, 0.2) is 85.3 Å². The van der Waals surface area contributed by atoms with Gasteiger partial charge >= 0.3 is 0 Å². The van der Waals surface area contributed by atoms with Gasteiger partial charge in [0.1, 0.15) is 0 Å². The minimum Gasteiger partial charge on any atom is -0.364 e. The van der Waals surface area contributed by atoms with Gasteiger partial charge in [-0.1, -0.05) is 42.5 Å². The Morgan fingerprint density at radius 1 is 0.971 bits per heavy atom. The molecule has 0 radical (unpaired) electrons. The monoisotopic (exact) mass is 505 g/mol. The number of aromatic nitrogens is 2. The lowest BCUT2D eigenvalue weighted by Gasteiger charge is -2.24. The second-order valence-corrected chi connectivity index (χ2v) is 8.13. The fourth-order valence-corrected chi connectivity index (χ4v) is 4.30. The normalized spacial score (nSPS) is 12.4. The molecular weight excluding hydrogens is 481 g/mol. The number of halogens is 2.